The Kier molecular flexibility index (Phi) is 4.89. The Labute approximate surface area is 152 Å². The Morgan fingerprint density at radius 2 is 1.80 bits per heavy atom. The van der Waals surface area contributed by atoms with Crippen LogP contribution in [0.3, 0.4) is 0 Å². The van der Waals surface area contributed by atoms with Crippen LogP contribution in [0.1, 0.15) is 36.0 Å². The number of ether oxygens (including phenoxy) is 1. The number of rotatable bonds is 5. The van der Waals surface area contributed by atoms with Crippen LogP contribution in [0.5, 0.6) is 0 Å². The Morgan fingerprint density at radius 1 is 1.16 bits per heavy atom. The highest BCUT2D eigenvalue weighted by Crippen LogP contribution is 2.34. The third kappa shape index (κ3) is 3.58. The lowest BCUT2D eigenvalue weighted by molar-refractivity contribution is -0.146. The van der Waals surface area contributed by atoms with Crippen LogP contribution in [-0.4, -0.2) is 47.3 Å². The number of amides is 3. The molecule has 1 saturated heterocycles. The molecular formula is C17H17BrN2O5. The first-order valence-electron chi connectivity index (χ1n) is 8.00. The highest BCUT2D eigenvalue weighted by molar-refractivity contribution is 9.10. The number of hydrogen-bond acceptors (Lipinski definition) is 5. The Balaban J connectivity index is 1.54. The highest BCUT2D eigenvalue weighted by Gasteiger charge is 2.52. The number of urea groups is 1. The first-order chi connectivity index (χ1) is 11.9. The summed E-state index contributed by atoms with van der Waals surface area (Å²) in [5.74, 6) is -1.53. The maximum atomic E-state index is 12.4. The van der Waals surface area contributed by atoms with E-state index in [-0.39, 0.29) is 11.7 Å². The number of halogens is 1. The standard InChI is InChI=1S/C17H17BrN2O5/c18-12-5-3-11(4-6-12)13(21)10-25-14(22)9-20-15(23)17(19-16(20)24)7-1-2-8-17/h3-6H,1-2,7-10H2,(H,19,24). The summed E-state index contributed by atoms with van der Waals surface area (Å²) in [6.07, 6.45) is 2.91. The molecule has 3 rings (SSSR count). The quantitative estimate of drug-likeness (QED) is 0.457. The van der Waals surface area contributed by atoms with Crippen molar-refractivity contribution >= 4 is 39.6 Å². The van der Waals surface area contributed by atoms with Crippen LogP contribution in [0.4, 0.5) is 4.79 Å². The van der Waals surface area contributed by atoms with Gasteiger partial charge in [0.2, 0.25) is 0 Å². The predicted molar refractivity (Wildman–Crippen MR) is 90.9 cm³/mol. The normalized spacial score (nSPS) is 18.5. The van der Waals surface area contributed by atoms with Crippen molar-refractivity contribution in [2.75, 3.05) is 13.2 Å². The fourth-order valence-electron chi connectivity index (χ4n) is 3.18. The molecule has 2 aliphatic rings. The van der Waals surface area contributed by atoms with Gasteiger partial charge in [0.15, 0.2) is 12.4 Å². The number of nitrogens with one attached hydrogen (secondary N) is 1. The van der Waals surface area contributed by atoms with E-state index in [9.17, 15) is 19.2 Å². The van der Waals surface area contributed by atoms with Gasteiger partial charge in [-0.3, -0.25) is 19.3 Å². The van der Waals surface area contributed by atoms with Crippen molar-refractivity contribution in [1.82, 2.24) is 10.2 Å². The van der Waals surface area contributed by atoms with Gasteiger partial charge in [-0.1, -0.05) is 40.9 Å². The van der Waals surface area contributed by atoms with Crippen molar-refractivity contribution in [2.24, 2.45) is 0 Å². The topological polar surface area (TPSA) is 92.8 Å². The monoisotopic (exact) mass is 408 g/mol. The molecule has 1 heterocycles. The van der Waals surface area contributed by atoms with Crippen LogP contribution in [0, 0.1) is 0 Å². The zero-order valence-corrected chi connectivity index (χ0v) is 15.0. The summed E-state index contributed by atoms with van der Waals surface area (Å²) >= 11 is 3.27. The van der Waals surface area contributed by atoms with E-state index in [0.717, 1.165) is 22.2 Å². The molecule has 1 aliphatic heterocycles. The summed E-state index contributed by atoms with van der Waals surface area (Å²) < 4.78 is 5.76. The van der Waals surface area contributed by atoms with Crippen LogP contribution in [0.25, 0.3) is 0 Å². The van der Waals surface area contributed by atoms with Gasteiger partial charge in [0.25, 0.3) is 5.91 Å². The molecule has 0 radical (unpaired) electrons. The van der Waals surface area contributed by atoms with Crippen molar-refractivity contribution in [3.8, 4) is 0 Å². The fourth-order valence-corrected chi connectivity index (χ4v) is 3.44. The Bertz CT molecular complexity index is 725. The van der Waals surface area contributed by atoms with E-state index in [2.05, 4.69) is 21.2 Å². The lowest BCUT2D eigenvalue weighted by Gasteiger charge is -2.19. The first-order valence-corrected chi connectivity index (χ1v) is 8.79. The van der Waals surface area contributed by atoms with E-state index < -0.39 is 30.7 Å². The van der Waals surface area contributed by atoms with Crippen molar-refractivity contribution in [1.29, 1.82) is 0 Å². The summed E-state index contributed by atoms with van der Waals surface area (Å²) in [5, 5.41) is 2.69. The summed E-state index contributed by atoms with van der Waals surface area (Å²) in [7, 11) is 0. The van der Waals surface area contributed by atoms with Crippen molar-refractivity contribution in [2.45, 2.75) is 31.2 Å². The molecule has 0 aromatic heterocycles. The molecule has 0 unspecified atom stereocenters. The number of benzene rings is 1. The van der Waals surface area contributed by atoms with Gasteiger partial charge in [0.05, 0.1) is 0 Å². The second-order valence-corrected chi connectivity index (χ2v) is 7.12. The zero-order chi connectivity index (χ0) is 18.0. The second-order valence-electron chi connectivity index (χ2n) is 6.20. The van der Waals surface area contributed by atoms with Crippen LogP contribution in [0.15, 0.2) is 28.7 Å². The van der Waals surface area contributed by atoms with Gasteiger partial charge in [-0.05, 0) is 25.0 Å². The SMILES string of the molecule is O=C(CN1C(=O)NC2(CCCC2)C1=O)OCC(=O)c1ccc(Br)cc1. The molecule has 132 valence electrons. The molecule has 0 atom stereocenters. The maximum absolute atomic E-state index is 12.4. The minimum Gasteiger partial charge on any atom is -0.456 e. The lowest BCUT2D eigenvalue weighted by Crippen LogP contribution is -2.44. The summed E-state index contributed by atoms with van der Waals surface area (Å²) in [5.41, 5.74) is -0.444. The van der Waals surface area contributed by atoms with E-state index in [4.69, 9.17) is 4.74 Å². The summed E-state index contributed by atoms with van der Waals surface area (Å²) in [6.45, 7) is -0.921. The van der Waals surface area contributed by atoms with Gasteiger partial charge in [-0.25, -0.2) is 4.79 Å². The third-order valence-corrected chi connectivity index (χ3v) is 5.05. The molecule has 25 heavy (non-hydrogen) atoms. The van der Waals surface area contributed by atoms with Crippen molar-refractivity contribution in [3.05, 3.63) is 34.3 Å². The molecule has 7 nitrogen and oxygen atoms in total. The molecular weight excluding hydrogens is 392 g/mol. The van der Waals surface area contributed by atoms with Crippen molar-refractivity contribution in [3.63, 3.8) is 0 Å². The van der Waals surface area contributed by atoms with Gasteiger partial charge >= 0.3 is 12.0 Å². The molecule has 1 N–H and O–H groups in total. The minimum atomic E-state index is -0.857. The van der Waals surface area contributed by atoms with Crippen LogP contribution < -0.4 is 5.32 Å². The maximum Gasteiger partial charge on any atom is 0.326 e. The number of ketones is 1. The number of carbonyl (C=O) groups is 4. The number of nitrogens with zero attached hydrogens (tertiary/aromatic N) is 1. The molecule has 1 aliphatic carbocycles. The average Bonchev–Trinajstić information content (AvgIpc) is 3.14. The average molecular weight is 409 g/mol. The highest BCUT2D eigenvalue weighted by atomic mass is 79.9. The van der Waals surface area contributed by atoms with E-state index in [0.29, 0.717) is 18.4 Å². The van der Waals surface area contributed by atoms with Gasteiger partial charge in [-0.15, -0.1) is 0 Å². The molecule has 1 spiro atoms. The fraction of sp³-hybridized carbons (Fsp3) is 0.412. The predicted octanol–water partition coefficient (Wildman–Crippen LogP) is 2.04. The number of hydrogen-bond donors (Lipinski definition) is 1. The van der Waals surface area contributed by atoms with Gasteiger partial charge < -0.3 is 10.1 Å². The molecule has 8 heteroatoms. The number of imide groups is 1. The van der Waals surface area contributed by atoms with Gasteiger partial charge in [0, 0.05) is 10.0 Å². The lowest BCUT2D eigenvalue weighted by atomic mass is 9.98. The molecule has 1 aromatic rings. The minimum absolute atomic E-state index is 0.356. The zero-order valence-electron chi connectivity index (χ0n) is 13.4. The Morgan fingerprint density at radius 3 is 2.44 bits per heavy atom. The van der Waals surface area contributed by atoms with E-state index in [1.807, 2.05) is 0 Å². The molecule has 1 saturated carbocycles. The number of esters is 1. The van der Waals surface area contributed by atoms with E-state index in [1.54, 1.807) is 24.3 Å². The Hall–Kier alpha value is -2.22. The van der Waals surface area contributed by atoms with E-state index in [1.165, 1.54) is 0 Å². The number of carbonyl (C=O) groups excluding carboxylic acids is 4. The summed E-state index contributed by atoms with van der Waals surface area (Å²) in [6, 6.07) is 6.07. The van der Waals surface area contributed by atoms with E-state index >= 15 is 0 Å². The number of Topliss-reactive ketones (excluding diaryl/α,β-unsaturated/α-hetero) is 1. The van der Waals surface area contributed by atoms with Crippen LogP contribution >= 0.6 is 15.9 Å². The molecule has 3 amide bonds. The molecule has 1 aromatic carbocycles. The van der Waals surface area contributed by atoms with Gasteiger partial charge in [-0.2, -0.15) is 0 Å². The molecule has 2 fully saturated rings. The van der Waals surface area contributed by atoms with Crippen LogP contribution in [0.2, 0.25) is 0 Å². The second kappa shape index (κ2) is 6.95. The largest absolute Gasteiger partial charge is 0.456 e. The van der Waals surface area contributed by atoms with Crippen molar-refractivity contribution < 1.29 is 23.9 Å². The third-order valence-electron chi connectivity index (χ3n) is 4.52. The first kappa shape index (κ1) is 17.6. The summed E-state index contributed by atoms with van der Waals surface area (Å²) in [4.78, 5) is 49.2. The smallest absolute Gasteiger partial charge is 0.326 e. The van der Waals surface area contributed by atoms with Gasteiger partial charge in [0.1, 0.15) is 12.1 Å². The molecule has 0 bridgehead atoms. The van der Waals surface area contributed by atoms with Crippen LogP contribution in [-0.2, 0) is 14.3 Å².